The van der Waals surface area contributed by atoms with Crippen LogP contribution in [0.1, 0.15) is 0 Å². The van der Waals surface area contributed by atoms with Crippen molar-refractivity contribution in [1.82, 2.24) is 0 Å². The van der Waals surface area contributed by atoms with E-state index >= 15 is 0 Å². The lowest BCUT2D eigenvalue weighted by molar-refractivity contribution is -0.116. The smallest absolute Gasteiger partial charge is 0.267 e. The molecule has 15 heavy (non-hydrogen) atoms. The SMILES string of the molecule is NS(=O)(=O)c1ccc2c(c1)=NC(=O)CN=2. The summed E-state index contributed by atoms with van der Waals surface area (Å²) < 4.78 is 22.0. The third-order valence-electron chi connectivity index (χ3n) is 1.91. The average molecular weight is 225 g/mol. The van der Waals surface area contributed by atoms with Crippen LogP contribution in [0.5, 0.6) is 0 Å². The number of nitrogens with zero attached hydrogens (tertiary/aromatic N) is 2. The van der Waals surface area contributed by atoms with Gasteiger partial charge in [-0.1, -0.05) is 0 Å². The van der Waals surface area contributed by atoms with Crippen molar-refractivity contribution in [3.63, 3.8) is 0 Å². The molecule has 1 amide bonds. The van der Waals surface area contributed by atoms with E-state index in [0.717, 1.165) is 0 Å². The Kier molecular flexibility index (Phi) is 2.13. The summed E-state index contributed by atoms with van der Waals surface area (Å²) in [5.74, 6) is -0.394. The van der Waals surface area contributed by atoms with Crippen molar-refractivity contribution in [3.8, 4) is 0 Å². The molecule has 1 aromatic rings. The number of hydrogen-bond acceptors (Lipinski definition) is 4. The Bertz CT molecular complexity index is 648. The molecule has 0 aromatic heterocycles. The molecule has 0 unspecified atom stereocenters. The Balaban J connectivity index is 2.77. The molecule has 1 aliphatic rings. The maximum Gasteiger partial charge on any atom is 0.267 e. The van der Waals surface area contributed by atoms with Crippen LogP contribution in [0.15, 0.2) is 33.1 Å². The standard InChI is InChI=1S/C8H7N3O3S/c9-15(13,14)5-1-2-6-7(3-5)11-8(12)4-10-6/h1-3H,4H2,(H2,9,13,14). The van der Waals surface area contributed by atoms with E-state index in [2.05, 4.69) is 9.98 Å². The first-order valence-corrected chi connectivity index (χ1v) is 5.60. The molecule has 78 valence electrons. The number of carbonyl (C=O) groups excluding carboxylic acids is 1. The number of benzene rings is 1. The van der Waals surface area contributed by atoms with Gasteiger partial charge in [0.25, 0.3) is 5.91 Å². The third kappa shape index (κ3) is 1.92. The van der Waals surface area contributed by atoms with Crippen LogP contribution in [0.2, 0.25) is 0 Å². The summed E-state index contributed by atoms with van der Waals surface area (Å²) in [5.41, 5.74) is 0. The van der Waals surface area contributed by atoms with Gasteiger partial charge in [0.15, 0.2) is 0 Å². The highest BCUT2D eigenvalue weighted by Gasteiger charge is 2.10. The zero-order valence-electron chi connectivity index (χ0n) is 7.54. The van der Waals surface area contributed by atoms with E-state index in [1.807, 2.05) is 0 Å². The number of hydrogen-bond donors (Lipinski definition) is 1. The molecule has 6 nitrogen and oxygen atoms in total. The second kappa shape index (κ2) is 3.21. The fourth-order valence-corrected chi connectivity index (χ4v) is 1.76. The van der Waals surface area contributed by atoms with Gasteiger partial charge in [0, 0.05) is 0 Å². The Morgan fingerprint density at radius 3 is 2.67 bits per heavy atom. The van der Waals surface area contributed by atoms with Gasteiger partial charge in [-0.25, -0.2) is 18.5 Å². The molecule has 1 aliphatic heterocycles. The van der Waals surface area contributed by atoms with Crippen molar-refractivity contribution < 1.29 is 13.2 Å². The molecule has 0 spiro atoms. The molecular weight excluding hydrogens is 218 g/mol. The van der Waals surface area contributed by atoms with Crippen LogP contribution in [0.25, 0.3) is 0 Å². The highest BCUT2D eigenvalue weighted by Crippen LogP contribution is 1.99. The normalized spacial score (nSPS) is 15.1. The van der Waals surface area contributed by atoms with Crippen molar-refractivity contribution in [1.29, 1.82) is 0 Å². The predicted molar refractivity (Wildman–Crippen MR) is 50.0 cm³/mol. The van der Waals surface area contributed by atoms with Gasteiger partial charge < -0.3 is 0 Å². The summed E-state index contributed by atoms with van der Waals surface area (Å²) in [6, 6.07) is 4.05. The summed E-state index contributed by atoms with van der Waals surface area (Å²) in [4.78, 5) is 18.5. The summed E-state index contributed by atoms with van der Waals surface area (Å²) in [6.07, 6.45) is 0. The summed E-state index contributed by atoms with van der Waals surface area (Å²) >= 11 is 0. The third-order valence-corrected chi connectivity index (χ3v) is 2.82. The number of primary sulfonamides is 1. The molecule has 2 rings (SSSR count). The second-order valence-electron chi connectivity index (χ2n) is 3.02. The molecular formula is C8H7N3O3S. The van der Waals surface area contributed by atoms with E-state index in [1.165, 1.54) is 18.2 Å². The van der Waals surface area contributed by atoms with Crippen LogP contribution >= 0.6 is 0 Å². The topological polar surface area (TPSA) is 102 Å². The molecule has 0 fully saturated rings. The van der Waals surface area contributed by atoms with Gasteiger partial charge in [0.2, 0.25) is 10.0 Å². The first-order valence-electron chi connectivity index (χ1n) is 4.06. The minimum Gasteiger partial charge on any atom is -0.273 e. The number of nitrogens with two attached hydrogens (primary N) is 1. The molecule has 1 heterocycles. The summed E-state index contributed by atoms with van der Waals surface area (Å²) in [6.45, 7) is 0.00171. The highest BCUT2D eigenvalue weighted by atomic mass is 32.2. The van der Waals surface area contributed by atoms with Crippen LogP contribution in [-0.4, -0.2) is 20.9 Å². The largest absolute Gasteiger partial charge is 0.273 e. The van der Waals surface area contributed by atoms with E-state index in [0.29, 0.717) is 5.36 Å². The molecule has 0 aliphatic carbocycles. The predicted octanol–water partition coefficient (Wildman–Crippen LogP) is -1.89. The lowest BCUT2D eigenvalue weighted by atomic mass is 10.3. The number of fused-ring (bicyclic) bond motifs is 1. The molecule has 1 aromatic carbocycles. The van der Waals surface area contributed by atoms with Crippen LogP contribution in [-0.2, 0) is 14.8 Å². The van der Waals surface area contributed by atoms with E-state index in [9.17, 15) is 13.2 Å². The lowest BCUT2D eigenvalue weighted by Gasteiger charge is -2.00. The summed E-state index contributed by atoms with van der Waals surface area (Å²) in [7, 11) is -3.77. The summed E-state index contributed by atoms with van der Waals surface area (Å²) in [5, 5.41) is 5.69. The molecule has 0 saturated carbocycles. The maximum absolute atomic E-state index is 11.0. The molecule has 2 N–H and O–H groups in total. The Labute approximate surface area is 85.2 Å². The van der Waals surface area contributed by atoms with E-state index in [-0.39, 0.29) is 16.8 Å². The van der Waals surface area contributed by atoms with Crippen LogP contribution in [0.3, 0.4) is 0 Å². The van der Waals surface area contributed by atoms with Crippen LogP contribution in [0.4, 0.5) is 0 Å². The van der Waals surface area contributed by atoms with Crippen molar-refractivity contribution in [2.45, 2.75) is 4.90 Å². The van der Waals surface area contributed by atoms with E-state index in [1.54, 1.807) is 0 Å². The van der Waals surface area contributed by atoms with Gasteiger partial charge in [-0.05, 0) is 18.2 Å². The van der Waals surface area contributed by atoms with Crippen LogP contribution in [0, 0.1) is 0 Å². The average Bonchev–Trinajstić information content (AvgIpc) is 2.15. The minimum atomic E-state index is -3.77. The van der Waals surface area contributed by atoms with Crippen molar-refractivity contribution in [2.24, 2.45) is 15.1 Å². The fraction of sp³-hybridized carbons (Fsp3) is 0.125. The Morgan fingerprint density at radius 1 is 1.27 bits per heavy atom. The lowest BCUT2D eigenvalue weighted by Crippen LogP contribution is -2.33. The molecule has 0 atom stereocenters. The quantitative estimate of drug-likeness (QED) is 0.604. The van der Waals surface area contributed by atoms with Crippen molar-refractivity contribution in [3.05, 3.63) is 28.9 Å². The Morgan fingerprint density at radius 2 is 2.00 bits per heavy atom. The maximum atomic E-state index is 11.0. The van der Waals surface area contributed by atoms with Gasteiger partial charge in [-0.3, -0.25) is 9.79 Å². The molecule has 0 radical (unpaired) electrons. The van der Waals surface area contributed by atoms with Gasteiger partial charge in [-0.15, -0.1) is 0 Å². The zero-order chi connectivity index (χ0) is 11.1. The number of rotatable bonds is 1. The fourth-order valence-electron chi connectivity index (χ4n) is 1.23. The first kappa shape index (κ1) is 9.94. The zero-order valence-corrected chi connectivity index (χ0v) is 8.36. The van der Waals surface area contributed by atoms with Crippen molar-refractivity contribution >= 4 is 15.9 Å². The van der Waals surface area contributed by atoms with E-state index < -0.39 is 15.9 Å². The Hall–Kier alpha value is -1.60. The van der Waals surface area contributed by atoms with Gasteiger partial charge in [0.1, 0.15) is 6.54 Å². The van der Waals surface area contributed by atoms with Crippen LogP contribution < -0.4 is 15.9 Å². The van der Waals surface area contributed by atoms with Gasteiger partial charge >= 0.3 is 0 Å². The second-order valence-corrected chi connectivity index (χ2v) is 4.58. The monoisotopic (exact) mass is 225 g/mol. The molecule has 7 heteroatoms. The van der Waals surface area contributed by atoms with Gasteiger partial charge in [0.05, 0.1) is 15.6 Å². The highest BCUT2D eigenvalue weighted by molar-refractivity contribution is 7.89. The number of sulfonamides is 1. The number of carbonyl (C=O) groups is 1. The molecule has 0 saturated heterocycles. The minimum absolute atomic E-state index is 0.00171. The van der Waals surface area contributed by atoms with E-state index in [4.69, 9.17) is 5.14 Å². The van der Waals surface area contributed by atoms with Crippen molar-refractivity contribution in [2.75, 3.05) is 6.54 Å². The van der Waals surface area contributed by atoms with Gasteiger partial charge in [-0.2, -0.15) is 0 Å². The number of amides is 1. The molecule has 0 bridgehead atoms. The first-order chi connectivity index (χ1) is 6.97.